The third-order valence-corrected chi connectivity index (χ3v) is 3.96. The molecule has 0 fully saturated rings. The number of aryl methyl sites for hydroxylation is 1. The maximum atomic E-state index is 12.1. The van der Waals surface area contributed by atoms with E-state index in [4.69, 9.17) is 4.42 Å². The number of amides is 1. The van der Waals surface area contributed by atoms with Gasteiger partial charge in [0.1, 0.15) is 5.76 Å². The molecule has 1 heterocycles. The van der Waals surface area contributed by atoms with Crippen molar-refractivity contribution in [1.82, 2.24) is 10.3 Å². The van der Waals surface area contributed by atoms with Gasteiger partial charge in [0.05, 0.1) is 18.3 Å². The Morgan fingerprint density at radius 2 is 2.32 bits per heavy atom. The normalized spacial score (nSPS) is 10.5. The first-order chi connectivity index (χ1) is 9.10. The number of halogens is 2. The van der Waals surface area contributed by atoms with Crippen LogP contribution in [0, 0.1) is 3.57 Å². The van der Waals surface area contributed by atoms with Gasteiger partial charge in [-0.05, 0) is 40.8 Å². The molecule has 0 aliphatic rings. The van der Waals surface area contributed by atoms with Gasteiger partial charge in [-0.2, -0.15) is 0 Å². The lowest BCUT2D eigenvalue weighted by molar-refractivity contribution is 0.0946. The Balaban J connectivity index is 2.03. The second-order valence-electron chi connectivity index (χ2n) is 3.88. The van der Waals surface area contributed by atoms with Crippen LogP contribution in [0.15, 0.2) is 33.3 Å². The highest BCUT2D eigenvalue weighted by Crippen LogP contribution is 2.18. The molecule has 0 unspecified atom stereocenters. The largest absolute Gasteiger partial charge is 0.444 e. The molecule has 0 radical (unpaired) electrons. The van der Waals surface area contributed by atoms with Gasteiger partial charge in [0.2, 0.25) is 5.89 Å². The van der Waals surface area contributed by atoms with Gasteiger partial charge in [0.25, 0.3) is 5.91 Å². The predicted octanol–water partition coefficient (Wildman–Crippen LogP) is 3.53. The molecule has 100 valence electrons. The van der Waals surface area contributed by atoms with Crippen molar-refractivity contribution < 1.29 is 9.21 Å². The lowest BCUT2D eigenvalue weighted by atomic mass is 10.2. The maximum absolute atomic E-state index is 12.1. The molecule has 1 N–H and O–H groups in total. The van der Waals surface area contributed by atoms with E-state index in [2.05, 4.69) is 48.8 Å². The van der Waals surface area contributed by atoms with E-state index in [1.54, 1.807) is 12.3 Å². The Labute approximate surface area is 133 Å². The van der Waals surface area contributed by atoms with Crippen LogP contribution >= 0.6 is 38.5 Å². The molecule has 0 saturated carbocycles. The quantitative estimate of drug-likeness (QED) is 0.749. The summed E-state index contributed by atoms with van der Waals surface area (Å²) < 4.78 is 7.22. The van der Waals surface area contributed by atoms with E-state index in [0.717, 1.165) is 20.2 Å². The molecular weight excluding hydrogens is 423 g/mol. The fraction of sp³-hybridized carbons (Fsp3) is 0.231. The standard InChI is InChI=1S/C13H12BrIN2O2/c1-2-9-6-16-12(19-9)7-17-13(18)10-5-8(14)3-4-11(10)15/h3-6H,2,7H2,1H3,(H,17,18). The van der Waals surface area contributed by atoms with Crippen molar-refractivity contribution in [3.8, 4) is 0 Å². The van der Waals surface area contributed by atoms with Crippen LogP contribution in [0.5, 0.6) is 0 Å². The minimum absolute atomic E-state index is 0.137. The first kappa shape index (κ1) is 14.5. The summed E-state index contributed by atoms with van der Waals surface area (Å²) in [6.07, 6.45) is 2.48. The molecule has 0 aliphatic heterocycles. The molecule has 0 bridgehead atoms. The topological polar surface area (TPSA) is 55.1 Å². The van der Waals surface area contributed by atoms with Gasteiger partial charge in [-0.25, -0.2) is 4.98 Å². The fourth-order valence-electron chi connectivity index (χ4n) is 1.52. The van der Waals surface area contributed by atoms with Gasteiger partial charge >= 0.3 is 0 Å². The zero-order chi connectivity index (χ0) is 13.8. The van der Waals surface area contributed by atoms with E-state index in [0.29, 0.717) is 18.0 Å². The molecular formula is C13H12BrIN2O2. The van der Waals surface area contributed by atoms with Crippen LogP contribution in [0.25, 0.3) is 0 Å². The molecule has 6 heteroatoms. The van der Waals surface area contributed by atoms with Crippen LogP contribution < -0.4 is 5.32 Å². The highest BCUT2D eigenvalue weighted by atomic mass is 127. The zero-order valence-electron chi connectivity index (χ0n) is 10.2. The molecule has 1 aromatic heterocycles. The number of nitrogens with zero attached hydrogens (tertiary/aromatic N) is 1. The van der Waals surface area contributed by atoms with E-state index >= 15 is 0 Å². The van der Waals surface area contributed by atoms with Crippen molar-refractivity contribution >= 4 is 44.4 Å². The first-order valence-electron chi connectivity index (χ1n) is 5.77. The zero-order valence-corrected chi connectivity index (χ0v) is 14.0. The first-order valence-corrected chi connectivity index (χ1v) is 7.64. The summed E-state index contributed by atoms with van der Waals surface area (Å²) in [5, 5.41) is 2.80. The minimum Gasteiger partial charge on any atom is -0.444 e. The molecule has 0 saturated heterocycles. The van der Waals surface area contributed by atoms with Crippen LogP contribution in [0.3, 0.4) is 0 Å². The fourth-order valence-corrected chi connectivity index (χ4v) is 2.46. The smallest absolute Gasteiger partial charge is 0.252 e. The van der Waals surface area contributed by atoms with E-state index < -0.39 is 0 Å². The van der Waals surface area contributed by atoms with Crippen LogP contribution in [-0.2, 0) is 13.0 Å². The number of benzene rings is 1. The number of rotatable bonds is 4. The highest BCUT2D eigenvalue weighted by Gasteiger charge is 2.11. The van der Waals surface area contributed by atoms with Gasteiger partial charge in [-0.3, -0.25) is 4.79 Å². The van der Waals surface area contributed by atoms with E-state index in [1.165, 1.54) is 0 Å². The third kappa shape index (κ3) is 3.79. The SMILES string of the molecule is CCc1cnc(CNC(=O)c2cc(Br)ccc2I)o1. The van der Waals surface area contributed by atoms with Gasteiger partial charge in [0.15, 0.2) is 0 Å². The third-order valence-electron chi connectivity index (χ3n) is 2.52. The average Bonchev–Trinajstić information content (AvgIpc) is 2.87. The van der Waals surface area contributed by atoms with E-state index in [-0.39, 0.29) is 5.91 Å². The monoisotopic (exact) mass is 434 g/mol. The lowest BCUT2D eigenvalue weighted by Crippen LogP contribution is -2.23. The molecule has 2 rings (SSSR count). The lowest BCUT2D eigenvalue weighted by Gasteiger charge is -2.05. The molecule has 0 atom stereocenters. The number of aromatic nitrogens is 1. The van der Waals surface area contributed by atoms with Crippen molar-refractivity contribution in [3.63, 3.8) is 0 Å². The summed E-state index contributed by atoms with van der Waals surface area (Å²) >= 11 is 5.50. The number of nitrogens with one attached hydrogen (secondary N) is 1. The van der Waals surface area contributed by atoms with Crippen LogP contribution in [-0.4, -0.2) is 10.9 Å². The highest BCUT2D eigenvalue weighted by molar-refractivity contribution is 14.1. The van der Waals surface area contributed by atoms with Crippen LogP contribution in [0.2, 0.25) is 0 Å². The van der Waals surface area contributed by atoms with Crippen molar-refractivity contribution in [1.29, 1.82) is 0 Å². The summed E-state index contributed by atoms with van der Waals surface area (Å²) in [6, 6.07) is 5.59. The summed E-state index contributed by atoms with van der Waals surface area (Å²) in [7, 11) is 0. The van der Waals surface area contributed by atoms with E-state index in [9.17, 15) is 4.79 Å². The van der Waals surface area contributed by atoms with Gasteiger partial charge in [-0.1, -0.05) is 22.9 Å². The predicted molar refractivity (Wildman–Crippen MR) is 83.9 cm³/mol. The Hall–Kier alpha value is -0.890. The summed E-state index contributed by atoms with van der Waals surface area (Å²) in [6.45, 7) is 2.29. The molecule has 1 amide bonds. The number of carbonyl (C=O) groups is 1. The van der Waals surface area contributed by atoms with Crippen LogP contribution in [0.4, 0.5) is 0 Å². The summed E-state index contributed by atoms with van der Waals surface area (Å²) in [5.41, 5.74) is 0.636. The Morgan fingerprint density at radius 1 is 1.53 bits per heavy atom. The number of hydrogen-bond donors (Lipinski definition) is 1. The summed E-state index contributed by atoms with van der Waals surface area (Å²) in [4.78, 5) is 16.2. The number of hydrogen-bond acceptors (Lipinski definition) is 3. The number of oxazole rings is 1. The van der Waals surface area contributed by atoms with Crippen molar-refractivity contribution in [2.45, 2.75) is 19.9 Å². The van der Waals surface area contributed by atoms with Crippen molar-refractivity contribution in [3.05, 3.63) is 49.7 Å². The van der Waals surface area contributed by atoms with Crippen LogP contribution in [0.1, 0.15) is 28.9 Å². The van der Waals surface area contributed by atoms with Crippen molar-refractivity contribution in [2.24, 2.45) is 0 Å². The molecule has 2 aromatic rings. The molecule has 4 nitrogen and oxygen atoms in total. The summed E-state index contributed by atoms with van der Waals surface area (Å²) in [5.74, 6) is 1.21. The van der Waals surface area contributed by atoms with Gasteiger partial charge in [0, 0.05) is 14.5 Å². The minimum atomic E-state index is -0.137. The van der Waals surface area contributed by atoms with Gasteiger partial charge in [-0.15, -0.1) is 0 Å². The van der Waals surface area contributed by atoms with E-state index in [1.807, 2.05) is 19.1 Å². The second-order valence-corrected chi connectivity index (χ2v) is 5.96. The Morgan fingerprint density at radius 3 is 3.00 bits per heavy atom. The van der Waals surface area contributed by atoms with Crippen molar-refractivity contribution in [2.75, 3.05) is 0 Å². The van der Waals surface area contributed by atoms with Gasteiger partial charge < -0.3 is 9.73 Å². The maximum Gasteiger partial charge on any atom is 0.252 e. The second kappa shape index (κ2) is 6.51. The average molecular weight is 435 g/mol. The number of carbonyl (C=O) groups excluding carboxylic acids is 1. The molecule has 19 heavy (non-hydrogen) atoms. The molecule has 0 aliphatic carbocycles. The Bertz CT molecular complexity index is 598. The Kier molecular flexibility index (Phi) is 4.98. The molecule has 1 aromatic carbocycles. The molecule has 0 spiro atoms.